The highest BCUT2D eigenvalue weighted by atomic mass is 16.2. The molecule has 2 rings (SSSR count). The molecule has 0 unspecified atom stereocenters. The van der Waals surface area contributed by atoms with Crippen molar-refractivity contribution < 1.29 is 9.59 Å². The molecule has 6 nitrogen and oxygen atoms in total. The zero-order chi connectivity index (χ0) is 17.4. The van der Waals surface area contributed by atoms with Gasteiger partial charge in [-0.1, -0.05) is 26.3 Å². The minimum atomic E-state index is -0.177. The maximum atomic E-state index is 12.9. The fraction of sp³-hybridized carbons (Fsp3) is 0.588. The smallest absolute Gasteiger partial charge is 0.268 e. The van der Waals surface area contributed by atoms with Crippen molar-refractivity contribution in [3.63, 3.8) is 0 Å². The number of carbonyl (C=O) groups excluding carboxylic acids is 2. The van der Waals surface area contributed by atoms with Crippen LogP contribution in [0.15, 0.2) is 17.7 Å². The van der Waals surface area contributed by atoms with E-state index in [1.165, 1.54) is 10.0 Å². The van der Waals surface area contributed by atoms with Crippen LogP contribution in [0.5, 0.6) is 0 Å². The van der Waals surface area contributed by atoms with Crippen molar-refractivity contribution in [2.75, 3.05) is 13.1 Å². The Bertz CT molecular complexity index is 648. The highest BCUT2D eigenvalue weighted by Crippen LogP contribution is 2.23. The highest BCUT2D eigenvalue weighted by molar-refractivity contribution is 5.96. The number of aryl methyl sites for hydroxylation is 1. The molecule has 1 aromatic heterocycles. The molecule has 1 saturated heterocycles. The molecule has 0 bridgehead atoms. The number of nitrogens with zero attached hydrogens (tertiary/aromatic N) is 4. The van der Waals surface area contributed by atoms with E-state index in [0.29, 0.717) is 18.8 Å². The van der Waals surface area contributed by atoms with Gasteiger partial charge in [-0.2, -0.15) is 5.10 Å². The SMILES string of the molecule is CC(C)=CC(=O)N1CCCN1C(=O)c1cc(C(C)(C)C)nn1C. The summed E-state index contributed by atoms with van der Waals surface area (Å²) >= 11 is 0. The topological polar surface area (TPSA) is 58.4 Å². The van der Waals surface area contributed by atoms with Crippen LogP contribution in [-0.4, -0.2) is 44.7 Å². The Morgan fingerprint density at radius 3 is 2.30 bits per heavy atom. The number of hydrazine groups is 1. The van der Waals surface area contributed by atoms with Gasteiger partial charge >= 0.3 is 0 Å². The summed E-state index contributed by atoms with van der Waals surface area (Å²) in [5, 5.41) is 7.51. The Morgan fingerprint density at radius 2 is 1.78 bits per heavy atom. The molecule has 1 aromatic rings. The fourth-order valence-corrected chi connectivity index (χ4v) is 2.54. The number of carbonyl (C=O) groups is 2. The zero-order valence-corrected chi connectivity index (χ0v) is 14.9. The van der Waals surface area contributed by atoms with Crippen LogP contribution in [0.3, 0.4) is 0 Å². The van der Waals surface area contributed by atoms with Crippen LogP contribution in [0.1, 0.15) is 57.2 Å². The largest absolute Gasteiger partial charge is 0.290 e. The van der Waals surface area contributed by atoms with Crippen molar-refractivity contribution in [1.29, 1.82) is 0 Å². The minimum absolute atomic E-state index is 0.126. The first-order valence-electron chi connectivity index (χ1n) is 7.94. The van der Waals surface area contributed by atoms with Gasteiger partial charge in [0.05, 0.1) is 5.69 Å². The van der Waals surface area contributed by atoms with Gasteiger partial charge in [-0.25, -0.2) is 10.0 Å². The molecule has 0 N–H and O–H groups in total. The molecule has 1 fully saturated rings. The summed E-state index contributed by atoms with van der Waals surface area (Å²) in [7, 11) is 1.76. The Kier molecular flexibility index (Phi) is 4.63. The lowest BCUT2D eigenvalue weighted by molar-refractivity contribution is -0.135. The van der Waals surface area contributed by atoms with Gasteiger partial charge in [0.1, 0.15) is 5.69 Å². The third-order valence-electron chi connectivity index (χ3n) is 3.80. The minimum Gasteiger partial charge on any atom is -0.268 e. The molecule has 2 heterocycles. The van der Waals surface area contributed by atoms with Crippen LogP contribution in [0.4, 0.5) is 0 Å². The second kappa shape index (κ2) is 6.18. The Hall–Kier alpha value is -2.11. The molecule has 0 aliphatic carbocycles. The van der Waals surface area contributed by atoms with E-state index in [2.05, 4.69) is 25.9 Å². The lowest BCUT2D eigenvalue weighted by atomic mass is 9.92. The van der Waals surface area contributed by atoms with Gasteiger partial charge in [-0.3, -0.25) is 14.3 Å². The van der Waals surface area contributed by atoms with E-state index < -0.39 is 0 Å². The van der Waals surface area contributed by atoms with E-state index in [9.17, 15) is 9.59 Å². The molecule has 0 radical (unpaired) electrons. The zero-order valence-electron chi connectivity index (χ0n) is 14.9. The van der Waals surface area contributed by atoms with Gasteiger partial charge in [0.15, 0.2) is 0 Å². The molecule has 0 aromatic carbocycles. The van der Waals surface area contributed by atoms with Crippen molar-refractivity contribution in [1.82, 2.24) is 19.8 Å². The van der Waals surface area contributed by atoms with Crippen LogP contribution in [0.2, 0.25) is 0 Å². The van der Waals surface area contributed by atoms with Crippen molar-refractivity contribution >= 4 is 11.8 Å². The number of amides is 2. The molecule has 23 heavy (non-hydrogen) atoms. The van der Waals surface area contributed by atoms with Crippen molar-refractivity contribution in [2.45, 2.75) is 46.5 Å². The van der Waals surface area contributed by atoms with E-state index in [1.807, 2.05) is 19.9 Å². The van der Waals surface area contributed by atoms with Crippen LogP contribution in [-0.2, 0) is 17.3 Å². The summed E-state index contributed by atoms with van der Waals surface area (Å²) in [5.41, 5.74) is 2.17. The maximum absolute atomic E-state index is 12.9. The van der Waals surface area contributed by atoms with Crippen molar-refractivity contribution in [2.24, 2.45) is 7.05 Å². The Labute approximate surface area is 137 Å². The summed E-state index contributed by atoms with van der Waals surface area (Å²) in [6, 6.07) is 1.82. The average Bonchev–Trinajstić information content (AvgIpc) is 3.02. The number of rotatable bonds is 2. The predicted octanol–water partition coefficient (Wildman–Crippen LogP) is 2.27. The lowest BCUT2D eigenvalue weighted by Gasteiger charge is -2.26. The van der Waals surface area contributed by atoms with Crippen molar-refractivity contribution in [3.8, 4) is 0 Å². The second-order valence-corrected chi connectivity index (χ2v) is 7.25. The summed E-state index contributed by atoms with van der Waals surface area (Å²) in [4.78, 5) is 25.1. The standard InChI is InChI=1S/C17H26N4O2/c1-12(2)10-15(22)20-8-7-9-21(20)16(23)13-11-14(17(3,4)5)18-19(13)6/h10-11H,7-9H2,1-6H3. The summed E-state index contributed by atoms with van der Waals surface area (Å²) < 4.78 is 1.60. The van der Waals surface area contributed by atoms with Crippen LogP contribution in [0, 0.1) is 0 Å². The molecular formula is C17H26N4O2. The van der Waals surface area contributed by atoms with E-state index in [0.717, 1.165) is 17.7 Å². The highest BCUT2D eigenvalue weighted by Gasteiger charge is 2.32. The molecule has 1 aliphatic rings. The third kappa shape index (κ3) is 3.63. The quantitative estimate of drug-likeness (QED) is 0.786. The summed E-state index contributed by atoms with van der Waals surface area (Å²) in [5.74, 6) is -0.322. The summed E-state index contributed by atoms with van der Waals surface area (Å²) in [6.45, 7) is 11.0. The molecule has 0 spiro atoms. The predicted molar refractivity (Wildman–Crippen MR) is 88.7 cm³/mol. The summed E-state index contributed by atoms with van der Waals surface area (Å²) in [6.07, 6.45) is 2.35. The number of allylic oxidation sites excluding steroid dienone is 1. The Balaban J connectivity index is 2.28. The van der Waals surface area contributed by atoms with Gasteiger partial charge in [0, 0.05) is 31.6 Å². The lowest BCUT2D eigenvalue weighted by Crippen LogP contribution is -2.44. The van der Waals surface area contributed by atoms with Crippen molar-refractivity contribution in [3.05, 3.63) is 29.1 Å². The van der Waals surface area contributed by atoms with Gasteiger partial charge < -0.3 is 0 Å². The van der Waals surface area contributed by atoms with Crippen LogP contribution < -0.4 is 0 Å². The van der Waals surface area contributed by atoms with E-state index >= 15 is 0 Å². The molecule has 126 valence electrons. The first-order valence-corrected chi connectivity index (χ1v) is 7.94. The van der Waals surface area contributed by atoms with E-state index in [4.69, 9.17) is 0 Å². The van der Waals surface area contributed by atoms with Gasteiger partial charge in [-0.15, -0.1) is 0 Å². The second-order valence-electron chi connectivity index (χ2n) is 7.25. The van der Waals surface area contributed by atoms with Crippen LogP contribution in [0.25, 0.3) is 0 Å². The first kappa shape index (κ1) is 17.2. The number of hydrogen-bond acceptors (Lipinski definition) is 3. The third-order valence-corrected chi connectivity index (χ3v) is 3.80. The first-order chi connectivity index (χ1) is 10.6. The monoisotopic (exact) mass is 318 g/mol. The molecule has 0 atom stereocenters. The molecule has 2 amide bonds. The molecule has 1 aliphatic heterocycles. The fourth-order valence-electron chi connectivity index (χ4n) is 2.54. The normalized spacial score (nSPS) is 15.0. The van der Waals surface area contributed by atoms with Gasteiger partial charge in [-0.05, 0) is 26.3 Å². The number of hydrogen-bond donors (Lipinski definition) is 0. The van der Waals surface area contributed by atoms with Crippen LogP contribution >= 0.6 is 0 Å². The average molecular weight is 318 g/mol. The van der Waals surface area contributed by atoms with Gasteiger partial charge in [0.2, 0.25) is 0 Å². The maximum Gasteiger partial charge on any atom is 0.290 e. The molecule has 6 heteroatoms. The Morgan fingerprint density at radius 1 is 1.17 bits per heavy atom. The number of aromatic nitrogens is 2. The van der Waals surface area contributed by atoms with E-state index in [1.54, 1.807) is 17.8 Å². The molecular weight excluding hydrogens is 292 g/mol. The van der Waals surface area contributed by atoms with E-state index in [-0.39, 0.29) is 17.2 Å². The van der Waals surface area contributed by atoms with Gasteiger partial charge in [0.25, 0.3) is 11.8 Å². The molecule has 0 saturated carbocycles.